The molecular formula is C20H26ClN3O2S. The molecule has 1 saturated carbocycles. The molecule has 5 nitrogen and oxygen atoms in total. The zero-order valence-electron chi connectivity index (χ0n) is 15.6. The second-order valence-electron chi connectivity index (χ2n) is 7.25. The molecule has 2 fully saturated rings. The van der Waals surface area contributed by atoms with E-state index in [-0.39, 0.29) is 18.2 Å². The lowest BCUT2D eigenvalue weighted by atomic mass is 9.89. The molecule has 1 aromatic carbocycles. The molecule has 27 heavy (non-hydrogen) atoms. The second-order valence-corrected chi connectivity index (χ2v) is 8.85. The van der Waals surface area contributed by atoms with Crippen LogP contribution in [0.5, 0.6) is 0 Å². The third-order valence-corrected chi connectivity index (χ3v) is 6.75. The Morgan fingerprint density at radius 2 is 2.11 bits per heavy atom. The maximum absolute atomic E-state index is 12.2. The van der Waals surface area contributed by atoms with Gasteiger partial charge in [-0.2, -0.15) is 0 Å². The Morgan fingerprint density at radius 3 is 2.89 bits per heavy atom. The monoisotopic (exact) mass is 407 g/mol. The van der Waals surface area contributed by atoms with E-state index in [2.05, 4.69) is 15.6 Å². The van der Waals surface area contributed by atoms with Crippen molar-refractivity contribution in [3.63, 3.8) is 0 Å². The lowest BCUT2D eigenvalue weighted by molar-refractivity contribution is -0.125. The van der Waals surface area contributed by atoms with E-state index in [1.165, 1.54) is 43.9 Å². The first-order chi connectivity index (χ1) is 13.0. The van der Waals surface area contributed by atoms with Gasteiger partial charge in [0, 0.05) is 24.5 Å². The Morgan fingerprint density at radius 1 is 1.33 bits per heavy atom. The highest BCUT2D eigenvalue weighted by Gasteiger charge is 2.32. The van der Waals surface area contributed by atoms with Crippen LogP contribution in [0.1, 0.15) is 49.7 Å². The highest BCUT2D eigenvalue weighted by atomic mass is 35.5. The number of carbonyl (C=O) groups excluding carboxylic acids is 2. The number of hydrogen-bond acceptors (Lipinski definition) is 4. The average molecular weight is 408 g/mol. The van der Waals surface area contributed by atoms with Gasteiger partial charge >= 0.3 is 0 Å². The van der Waals surface area contributed by atoms with Gasteiger partial charge in [0.25, 0.3) is 0 Å². The summed E-state index contributed by atoms with van der Waals surface area (Å²) in [5, 5.41) is 6.64. The Labute approximate surface area is 169 Å². The third kappa shape index (κ3) is 5.72. The van der Waals surface area contributed by atoms with Crippen LogP contribution in [0.4, 0.5) is 0 Å². The van der Waals surface area contributed by atoms with E-state index in [1.54, 1.807) is 0 Å². The van der Waals surface area contributed by atoms with Gasteiger partial charge in [-0.05, 0) is 42.9 Å². The molecule has 1 aliphatic heterocycles. The van der Waals surface area contributed by atoms with Gasteiger partial charge in [-0.15, -0.1) is 0 Å². The molecule has 1 aliphatic carbocycles. The van der Waals surface area contributed by atoms with Gasteiger partial charge in [-0.25, -0.2) is 0 Å². The summed E-state index contributed by atoms with van der Waals surface area (Å²) >= 11 is 7.48. The zero-order valence-corrected chi connectivity index (χ0v) is 17.2. The molecule has 0 bridgehead atoms. The SMILES string of the molecule is Cc1c(Cl)cccc1CNC(=O)CC1SC(=NCC2CCCCC2)NC1=O. The third-order valence-electron chi connectivity index (χ3n) is 5.22. The van der Waals surface area contributed by atoms with Crippen molar-refractivity contribution in [1.82, 2.24) is 10.6 Å². The quantitative estimate of drug-likeness (QED) is 0.752. The Bertz CT molecular complexity index is 732. The smallest absolute Gasteiger partial charge is 0.240 e. The van der Waals surface area contributed by atoms with Crippen LogP contribution in [0, 0.1) is 12.8 Å². The van der Waals surface area contributed by atoms with Crippen LogP contribution in [-0.2, 0) is 16.1 Å². The van der Waals surface area contributed by atoms with Crippen molar-refractivity contribution in [2.75, 3.05) is 6.54 Å². The first-order valence-electron chi connectivity index (χ1n) is 9.55. The molecule has 1 aromatic rings. The molecule has 2 aliphatic rings. The number of halogens is 1. The fourth-order valence-corrected chi connectivity index (χ4v) is 4.65. The number of carbonyl (C=O) groups is 2. The number of aliphatic imine (C=N–C) groups is 1. The minimum absolute atomic E-state index is 0.128. The molecule has 3 rings (SSSR count). The fourth-order valence-electron chi connectivity index (χ4n) is 3.47. The summed E-state index contributed by atoms with van der Waals surface area (Å²) in [5.74, 6) is 0.360. The number of amides is 2. The number of nitrogens with zero attached hydrogens (tertiary/aromatic N) is 1. The fraction of sp³-hybridized carbons (Fsp3) is 0.550. The van der Waals surface area contributed by atoms with Crippen molar-refractivity contribution in [2.24, 2.45) is 10.9 Å². The summed E-state index contributed by atoms with van der Waals surface area (Å²) in [6, 6.07) is 5.64. The summed E-state index contributed by atoms with van der Waals surface area (Å²) in [4.78, 5) is 29.0. The number of amidine groups is 1. The highest BCUT2D eigenvalue weighted by molar-refractivity contribution is 8.15. The Balaban J connectivity index is 1.46. The van der Waals surface area contributed by atoms with Gasteiger partial charge in [0.15, 0.2) is 5.17 Å². The van der Waals surface area contributed by atoms with Gasteiger partial charge < -0.3 is 10.6 Å². The molecule has 0 spiro atoms. The molecule has 2 N–H and O–H groups in total. The summed E-state index contributed by atoms with van der Waals surface area (Å²) < 4.78 is 0. The summed E-state index contributed by atoms with van der Waals surface area (Å²) in [6.07, 6.45) is 6.49. The minimum atomic E-state index is -0.407. The van der Waals surface area contributed by atoms with Gasteiger partial charge in [-0.3, -0.25) is 14.6 Å². The van der Waals surface area contributed by atoms with Crippen molar-refractivity contribution in [3.8, 4) is 0 Å². The number of rotatable bonds is 6. The maximum Gasteiger partial charge on any atom is 0.240 e. The molecule has 1 atom stereocenters. The molecular weight excluding hydrogens is 382 g/mol. The topological polar surface area (TPSA) is 70.6 Å². The van der Waals surface area contributed by atoms with Crippen molar-refractivity contribution >= 4 is 40.3 Å². The molecule has 0 aromatic heterocycles. The zero-order chi connectivity index (χ0) is 19.2. The minimum Gasteiger partial charge on any atom is -0.352 e. The van der Waals surface area contributed by atoms with Crippen molar-refractivity contribution in [1.29, 1.82) is 0 Å². The van der Waals surface area contributed by atoms with E-state index in [9.17, 15) is 9.59 Å². The van der Waals surface area contributed by atoms with E-state index in [1.807, 2.05) is 25.1 Å². The van der Waals surface area contributed by atoms with Crippen LogP contribution >= 0.6 is 23.4 Å². The molecule has 1 saturated heterocycles. The van der Waals surface area contributed by atoms with E-state index in [0.29, 0.717) is 22.7 Å². The summed E-state index contributed by atoms with van der Waals surface area (Å²) in [5.41, 5.74) is 1.94. The first kappa shape index (κ1) is 20.2. The second kappa shape index (κ2) is 9.60. The molecule has 1 unspecified atom stereocenters. The van der Waals surface area contributed by atoms with Gasteiger partial charge in [0.2, 0.25) is 11.8 Å². The number of benzene rings is 1. The van der Waals surface area contributed by atoms with Crippen LogP contribution in [0.2, 0.25) is 5.02 Å². The lowest BCUT2D eigenvalue weighted by Gasteiger charge is -2.19. The first-order valence-corrected chi connectivity index (χ1v) is 10.8. The predicted octanol–water partition coefficient (Wildman–Crippen LogP) is 3.82. The molecule has 146 valence electrons. The average Bonchev–Trinajstić information content (AvgIpc) is 3.01. The van der Waals surface area contributed by atoms with Crippen LogP contribution in [0.3, 0.4) is 0 Å². The van der Waals surface area contributed by atoms with Crippen LogP contribution < -0.4 is 10.6 Å². The van der Waals surface area contributed by atoms with Crippen molar-refractivity contribution < 1.29 is 9.59 Å². The van der Waals surface area contributed by atoms with Crippen molar-refractivity contribution in [2.45, 2.75) is 57.2 Å². The maximum atomic E-state index is 12.2. The number of thioether (sulfide) groups is 1. The van der Waals surface area contributed by atoms with Gasteiger partial charge in [0.1, 0.15) is 5.25 Å². The molecule has 0 radical (unpaired) electrons. The molecule has 7 heteroatoms. The molecule has 2 amide bonds. The van der Waals surface area contributed by atoms with Gasteiger partial charge in [0.05, 0.1) is 0 Å². The van der Waals surface area contributed by atoms with E-state index < -0.39 is 5.25 Å². The van der Waals surface area contributed by atoms with E-state index >= 15 is 0 Å². The Kier molecular flexibility index (Phi) is 7.19. The van der Waals surface area contributed by atoms with E-state index in [0.717, 1.165) is 17.7 Å². The highest BCUT2D eigenvalue weighted by Crippen LogP contribution is 2.26. The van der Waals surface area contributed by atoms with Crippen molar-refractivity contribution in [3.05, 3.63) is 34.3 Å². The largest absolute Gasteiger partial charge is 0.352 e. The Hall–Kier alpha value is -1.53. The van der Waals surface area contributed by atoms with Crippen LogP contribution in [0.25, 0.3) is 0 Å². The number of hydrogen-bond donors (Lipinski definition) is 2. The number of nitrogens with one attached hydrogen (secondary N) is 2. The van der Waals surface area contributed by atoms with Crippen LogP contribution in [-0.4, -0.2) is 28.8 Å². The van der Waals surface area contributed by atoms with Crippen LogP contribution in [0.15, 0.2) is 23.2 Å². The predicted molar refractivity (Wildman–Crippen MR) is 111 cm³/mol. The molecule has 1 heterocycles. The standard InChI is InChI=1S/C20H26ClN3O2S/c1-13-15(8-5-9-16(13)21)12-22-18(25)10-17-19(26)24-20(27-17)23-11-14-6-3-2-4-7-14/h5,8-9,14,17H,2-4,6-7,10-12H2,1H3,(H,22,25)(H,23,24,26). The summed E-state index contributed by atoms with van der Waals surface area (Å²) in [7, 11) is 0. The summed E-state index contributed by atoms with van der Waals surface area (Å²) in [6.45, 7) is 3.11. The normalized spacial score (nSPS) is 22.1. The van der Waals surface area contributed by atoms with Gasteiger partial charge in [-0.1, -0.05) is 54.8 Å². The van der Waals surface area contributed by atoms with E-state index in [4.69, 9.17) is 11.6 Å². The lowest BCUT2D eigenvalue weighted by Crippen LogP contribution is -2.31.